The molecule has 24 heavy (non-hydrogen) atoms. The average molecular weight is 344 g/mol. The number of nitrogens with one attached hydrogen (secondary N) is 3. The van der Waals surface area contributed by atoms with Crippen LogP contribution in [0.4, 0.5) is 15.6 Å². The number of rotatable bonds is 4. The first kappa shape index (κ1) is 16.4. The van der Waals surface area contributed by atoms with Crippen LogP contribution in [0.1, 0.15) is 41.0 Å². The van der Waals surface area contributed by atoms with Gasteiger partial charge in [-0.05, 0) is 31.9 Å². The second kappa shape index (κ2) is 7.44. The summed E-state index contributed by atoms with van der Waals surface area (Å²) in [5.74, 6) is -0.103. The zero-order valence-corrected chi connectivity index (χ0v) is 14.3. The van der Waals surface area contributed by atoms with E-state index in [1.54, 1.807) is 19.1 Å². The minimum absolute atomic E-state index is 0.103. The third-order valence-electron chi connectivity index (χ3n) is 3.95. The number of urea groups is 1. The molecule has 126 valence electrons. The molecule has 0 bridgehead atoms. The number of thiazole rings is 1. The first-order chi connectivity index (χ1) is 11.6. The largest absolute Gasteiger partial charge is 0.349 e. The van der Waals surface area contributed by atoms with E-state index in [1.807, 2.05) is 18.2 Å². The highest BCUT2D eigenvalue weighted by atomic mass is 32.1. The normalized spacial score (nSPS) is 14.4. The van der Waals surface area contributed by atoms with Crippen LogP contribution in [0.3, 0.4) is 0 Å². The maximum Gasteiger partial charge on any atom is 0.325 e. The summed E-state index contributed by atoms with van der Waals surface area (Å²) in [6.45, 7) is 1.78. The van der Waals surface area contributed by atoms with Crippen molar-refractivity contribution in [1.82, 2.24) is 10.3 Å². The molecule has 1 fully saturated rings. The fourth-order valence-electron chi connectivity index (χ4n) is 2.76. The molecule has 1 aromatic heterocycles. The summed E-state index contributed by atoms with van der Waals surface area (Å²) in [4.78, 5) is 29.2. The van der Waals surface area contributed by atoms with E-state index >= 15 is 0 Å². The molecule has 0 atom stereocenters. The number of carbonyl (C=O) groups is 2. The number of anilines is 2. The Kier molecular flexibility index (Phi) is 5.10. The van der Waals surface area contributed by atoms with Crippen molar-refractivity contribution in [2.45, 2.75) is 38.6 Å². The van der Waals surface area contributed by atoms with Gasteiger partial charge in [-0.25, -0.2) is 9.78 Å². The molecule has 3 N–H and O–H groups in total. The predicted molar refractivity (Wildman–Crippen MR) is 95.7 cm³/mol. The highest BCUT2D eigenvalue weighted by Crippen LogP contribution is 2.24. The zero-order chi connectivity index (χ0) is 16.9. The standard InChI is InChI=1S/C17H20N4O2S/c1-11-14(15(22)19-12-9-5-6-10-12)24-17(18-11)21-16(23)20-13-7-3-2-4-8-13/h2-4,7-8,12H,5-6,9-10H2,1H3,(H,19,22)(H2,18,20,21,23). The Bertz CT molecular complexity index is 723. The van der Waals surface area contributed by atoms with Crippen molar-refractivity contribution in [1.29, 1.82) is 0 Å². The summed E-state index contributed by atoms with van der Waals surface area (Å²) in [6, 6.07) is 9.04. The Labute approximate surface area is 144 Å². The number of carbonyl (C=O) groups excluding carboxylic acids is 2. The molecule has 0 saturated heterocycles. The Balaban J connectivity index is 1.60. The van der Waals surface area contributed by atoms with E-state index in [4.69, 9.17) is 0 Å². The molecular formula is C17H20N4O2S. The van der Waals surface area contributed by atoms with Crippen LogP contribution in [-0.4, -0.2) is 23.0 Å². The van der Waals surface area contributed by atoms with E-state index in [9.17, 15) is 9.59 Å². The maximum atomic E-state index is 12.3. The summed E-state index contributed by atoms with van der Waals surface area (Å²) >= 11 is 1.19. The van der Waals surface area contributed by atoms with Crippen LogP contribution in [0.2, 0.25) is 0 Å². The molecular weight excluding hydrogens is 324 g/mol. The van der Waals surface area contributed by atoms with Crippen molar-refractivity contribution < 1.29 is 9.59 Å². The minimum Gasteiger partial charge on any atom is -0.349 e. The summed E-state index contributed by atoms with van der Waals surface area (Å²) in [5, 5.41) is 8.86. The lowest BCUT2D eigenvalue weighted by Crippen LogP contribution is -2.32. The van der Waals surface area contributed by atoms with Gasteiger partial charge in [0.25, 0.3) is 5.91 Å². The van der Waals surface area contributed by atoms with Crippen LogP contribution >= 0.6 is 11.3 Å². The number of hydrogen-bond donors (Lipinski definition) is 3. The van der Waals surface area contributed by atoms with Crippen LogP contribution in [0.5, 0.6) is 0 Å². The molecule has 3 rings (SSSR count). The van der Waals surface area contributed by atoms with E-state index in [0.717, 1.165) is 12.8 Å². The highest BCUT2D eigenvalue weighted by molar-refractivity contribution is 7.17. The van der Waals surface area contributed by atoms with Gasteiger partial charge in [-0.2, -0.15) is 0 Å². The van der Waals surface area contributed by atoms with Gasteiger partial charge in [0.05, 0.1) is 5.69 Å². The molecule has 7 heteroatoms. The van der Waals surface area contributed by atoms with Crippen molar-refractivity contribution in [2.24, 2.45) is 0 Å². The summed E-state index contributed by atoms with van der Waals surface area (Å²) in [6.07, 6.45) is 4.40. The third kappa shape index (κ3) is 4.11. The van der Waals surface area contributed by atoms with Crippen molar-refractivity contribution in [3.63, 3.8) is 0 Å². The molecule has 2 aromatic rings. The van der Waals surface area contributed by atoms with E-state index < -0.39 is 0 Å². The molecule has 1 heterocycles. The molecule has 1 saturated carbocycles. The molecule has 1 aromatic carbocycles. The number of aryl methyl sites for hydroxylation is 1. The van der Waals surface area contributed by atoms with Crippen molar-refractivity contribution in [3.05, 3.63) is 40.9 Å². The van der Waals surface area contributed by atoms with Crippen molar-refractivity contribution in [2.75, 3.05) is 10.6 Å². The fourth-order valence-corrected chi connectivity index (χ4v) is 3.63. The number of benzene rings is 1. The maximum absolute atomic E-state index is 12.3. The number of nitrogens with zero attached hydrogens (tertiary/aromatic N) is 1. The summed E-state index contributed by atoms with van der Waals surface area (Å²) in [5.41, 5.74) is 1.33. The van der Waals surface area contributed by atoms with Crippen molar-refractivity contribution >= 4 is 34.1 Å². The zero-order valence-electron chi connectivity index (χ0n) is 13.5. The lowest BCUT2D eigenvalue weighted by atomic mass is 10.2. The number of aromatic nitrogens is 1. The molecule has 3 amide bonds. The quantitative estimate of drug-likeness (QED) is 0.789. The summed E-state index contributed by atoms with van der Waals surface area (Å²) in [7, 11) is 0. The molecule has 1 aliphatic rings. The second-order valence-corrected chi connectivity index (χ2v) is 6.83. The SMILES string of the molecule is Cc1nc(NC(=O)Nc2ccccc2)sc1C(=O)NC1CCCC1. The molecule has 6 nitrogen and oxygen atoms in total. The van der Waals surface area contributed by atoms with E-state index in [1.165, 1.54) is 24.2 Å². The van der Waals surface area contributed by atoms with E-state index in [-0.39, 0.29) is 18.0 Å². The van der Waals surface area contributed by atoms with E-state index in [2.05, 4.69) is 20.9 Å². The lowest BCUT2D eigenvalue weighted by Gasteiger charge is -2.10. The highest BCUT2D eigenvalue weighted by Gasteiger charge is 2.21. The van der Waals surface area contributed by atoms with Crippen LogP contribution in [0.15, 0.2) is 30.3 Å². The Morgan fingerprint density at radius 1 is 1.12 bits per heavy atom. The molecule has 0 radical (unpaired) electrons. The van der Waals surface area contributed by atoms with Crippen LogP contribution in [0, 0.1) is 6.92 Å². The van der Waals surface area contributed by atoms with Crippen LogP contribution < -0.4 is 16.0 Å². The number of amides is 3. The molecule has 0 aliphatic heterocycles. The minimum atomic E-state index is -0.377. The van der Waals surface area contributed by atoms with E-state index in [0.29, 0.717) is 21.4 Å². The van der Waals surface area contributed by atoms with Crippen LogP contribution in [0.25, 0.3) is 0 Å². The first-order valence-electron chi connectivity index (χ1n) is 8.03. The smallest absolute Gasteiger partial charge is 0.325 e. The molecule has 1 aliphatic carbocycles. The van der Waals surface area contributed by atoms with Gasteiger partial charge in [0.15, 0.2) is 5.13 Å². The van der Waals surface area contributed by atoms with Crippen molar-refractivity contribution in [3.8, 4) is 0 Å². The second-order valence-electron chi connectivity index (χ2n) is 5.83. The Morgan fingerprint density at radius 2 is 1.83 bits per heavy atom. The lowest BCUT2D eigenvalue weighted by molar-refractivity contribution is 0.0941. The van der Waals surface area contributed by atoms with Gasteiger partial charge in [-0.15, -0.1) is 0 Å². The van der Waals surface area contributed by atoms with Gasteiger partial charge < -0.3 is 10.6 Å². The van der Waals surface area contributed by atoms with Gasteiger partial charge in [0.2, 0.25) is 0 Å². The fraction of sp³-hybridized carbons (Fsp3) is 0.353. The van der Waals surface area contributed by atoms with Gasteiger partial charge >= 0.3 is 6.03 Å². The topological polar surface area (TPSA) is 83.1 Å². The number of para-hydroxylation sites is 1. The Morgan fingerprint density at radius 3 is 2.54 bits per heavy atom. The Hall–Kier alpha value is -2.41. The van der Waals surface area contributed by atoms with Gasteiger partial charge in [-0.1, -0.05) is 42.4 Å². The van der Waals surface area contributed by atoms with Gasteiger partial charge in [-0.3, -0.25) is 10.1 Å². The van der Waals surface area contributed by atoms with Gasteiger partial charge in [0.1, 0.15) is 4.88 Å². The third-order valence-corrected chi connectivity index (χ3v) is 5.02. The monoisotopic (exact) mass is 344 g/mol. The predicted octanol–water partition coefficient (Wildman–Crippen LogP) is 3.77. The average Bonchev–Trinajstić information content (AvgIpc) is 3.18. The molecule has 0 unspecified atom stereocenters. The van der Waals surface area contributed by atoms with Gasteiger partial charge in [0, 0.05) is 11.7 Å². The summed E-state index contributed by atoms with van der Waals surface area (Å²) < 4.78 is 0. The molecule has 0 spiro atoms. The van der Waals surface area contributed by atoms with Crippen LogP contribution in [-0.2, 0) is 0 Å². The first-order valence-corrected chi connectivity index (χ1v) is 8.85. The number of hydrogen-bond acceptors (Lipinski definition) is 4.